The van der Waals surface area contributed by atoms with Crippen molar-refractivity contribution in [1.29, 1.82) is 0 Å². The highest BCUT2D eigenvalue weighted by Crippen LogP contribution is 2.42. The lowest BCUT2D eigenvalue weighted by molar-refractivity contribution is 0.197. The molecule has 0 aliphatic rings. The van der Waals surface area contributed by atoms with E-state index in [-0.39, 0.29) is 26.4 Å². The third-order valence-corrected chi connectivity index (χ3v) is 4.83. The minimum Gasteiger partial charge on any atom is -0.496 e. The number of ether oxygens (including phenoxy) is 4. The van der Waals surface area contributed by atoms with Crippen LogP contribution in [-0.4, -0.2) is 50.9 Å². The number of rotatable bonds is 10. The van der Waals surface area contributed by atoms with E-state index in [1.54, 1.807) is 14.2 Å². The Kier molecular flexibility index (Phi) is 8.17. The second-order valence-electron chi connectivity index (χ2n) is 7.02. The summed E-state index contributed by atoms with van der Waals surface area (Å²) in [4.78, 5) is 0. The van der Waals surface area contributed by atoms with Crippen molar-refractivity contribution in [3.05, 3.63) is 45.5 Å². The molecule has 6 nitrogen and oxygen atoms in total. The normalized spacial score (nSPS) is 10.8. The summed E-state index contributed by atoms with van der Waals surface area (Å²) in [6, 6.07) is 4.02. The molecule has 0 saturated carbocycles. The number of methoxy groups -OCH3 is 2. The monoisotopic (exact) mass is 404 g/mol. The van der Waals surface area contributed by atoms with E-state index in [0.717, 1.165) is 44.9 Å². The van der Waals surface area contributed by atoms with Crippen LogP contribution in [0.3, 0.4) is 0 Å². The molecular weight excluding hydrogens is 372 g/mol. The lowest BCUT2D eigenvalue weighted by atomic mass is 9.94. The van der Waals surface area contributed by atoms with Gasteiger partial charge in [-0.05, 0) is 62.1 Å². The Bertz CT molecular complexity index is 775. The smallest absolute Gasteiger partial charge is 0.129 e. The van der Waals surface area contributed by atoms with Crippen molar-refractivity contribution < 1.29 is 29.2 Å². The van der Waals surface area contributed by atoms with Gasteiger partial charge in [-0.25, -0.2) is 0 Å². The van der Waals surface area contributed by atoms with Gasteiger partial charge in [0.25, 0.3) is 0 Å². The fourth-order valence-corrected chi connectivity index (χ4v) is 3.83. The third kappa shape index (κ3) is 4.95. The predicted molar refractivity (Wildman–Crippen MR) is 113 cm³/mol. The summed E-state index contributed by atoms with van der Waals surface area (Å²) < 4.78 is 23.2. The SMILES string of the molecule is COc1c(C)cc(C)c(OCCO)c1Cc1c(OC)c(C)cc(C)c1OCCO. The maximum absolute atomic E-state index is 9.26. The molecule has 0 heterocycles. The van der Waals surface area contributed by atoms with Gasteiger partial charge in [0.15, 0.2) is 0 Å². The number of aliphatic hydroxyl groups excluding tert-OH is 2. The highest BCUT2D eigenvalue weighted by Gasteiger charge is 2.23. The number of hydrogen-bond donors (Lipinski definition) is 2. The van der Waals surface area contributed by atoms with Gasteiger partial charge in [0.1, 0.15) is 36.2 Å². The zero-order chi connectivity index (χ0) is 21.6. The van der Waals surface area contributed by atoms with Gasteiger partial charge in [0.05, 0.1) is 27.4 Å². The van der Waals surface area contributed by atoms with Gasteiger partial charge in [-0.3, -0.25) is 0 Å². The van der Waals surface area contributed by atoms with Crippen molar-refractivity contribution >= 4 is 0 Å². The first kappa shape index (κ1) is 22.8. The van der Waals surface area contributed by atoms with Crippen molar-refractivity contribution in [2.45, 2.75) is 34.1 Å². The summed E-state index contributed by atoms with van der Waals surface area (Å²) in [6.45, 7) is 8.17. The first-order valence-electron chi connectivity index (χ1n) is 9.70. The Labute approximate surface area is 173 Å². The van der Waals surface area contributed by atoms with Crippen LogP contribution in [0.25, 0.3) is 0 Å². The number of aryl methyl sites for hydroxylation is 4. The molecule has 0 fully saturated rings. The van der Waals surface area contributed by atoms with Crippen molar-refractivity contribution in [3.8, 4) is 23.0 Å². The van der Waals surface area contributed by atoms with Crippen LogP contribution in [0.4, 0.5) is 0 Å². The van der Waals surface area contributed by atoms with Gasteiger partial charge < -0.3 is 29.2 Å². The lowest BCUT2D eigenvalue weighted by Crippen LogP contribution is -2.11. The summed E-state index contributed by atoms with van der Waals surface area (Å²) in [5.41, 5.74) is 5.67. The average molecular weight is 405 g/mol. The van der Waals surface area contributed by atoms with Gasteiger partial charge in [0.2, 0.25) is 0 Å². The van der Waals surface area contributed by atoms with E-state index in [1.807, 2.05) is 39.8 Å². The summed E-state index contributed by atoms with van der Waals surface area (Å²) >= 11 is 0. The van der Waals surface area contributed by atoms with E-state index in [0.29, 0.717) is 17.9 Å². The molecule has 0 amide bonds. The second kappa shape index (κ2) is 10.4. The Hall–Kier alpha value is -2.44. The molecule has 160 valence electrons. The largest absolute Gasteiger partial charge is 0.496 e. The van der Waals surface area contributed by atoms with Crippen LogP contribution in [0.2, 0.25) is 0 Å². The molecule has 0 unspecified atom stereocenters. The van der Waals surface area contributed by atoms with Crippen molar-refractivity contribution in [2.75, 3.05) is 40.6 Å². The molecule has 0 aliphatic heterocycles. The molecule has 0 radical (unpaired) electrons. The molecule has 2 aromatic carbocycles. The molecule has 6 heteroatoms. The molecule has 29 heavy (non-hydrogen) atoms. The number of aliphatic hydroxyl groups is 2. The predicted octanol–water partition coefficient (Wildman–Crippen LogP) is 3.27. The summed E-state index contributed by atoms with van der Waals surface area (Å²) in [6.07, 6.45) is 0.457. The fourth-order valence-electron chi connectivity index (χ4n) is 3.83. The van der Waals surface area contributed by atoms with Crippen molar-refractivity contribution in [2.24, 2.45) is 0 Å². The van der Waals surface area contributed by atoms with E-state index in [9.17, 15) is 10.2 Å². The van der Waals surface area contributed by atoms with Crippen LogP contribution in [0.15, 0.2) is 12.1 Å². The Morgan fingerprint density at radius 1 is 0.621 bits per heavy atom. The van der Waals surface area contributed by atoms with E-state index >= 15 is 0 Å². The minimum absolute atomic E-state index is 0.0766. The Balaban J connectivity index is 2.72. The van der Waals surface area contributed by atoms with Gasteiger partial charge in [-0.1, -0.05) is 0 Å². The molecule has 2 rings (SSSR count). The molecule has 0 aromatic heterocycles. The maximum Gasteiger partial charge on any atom is 0.129 e. The molecule has 0 spiro atoms. The molecule has 0 atom stereocenters. The second-order valence-corrected chi connectivity index (χ2v) is 7.02. The highest BCUT2D eigenvalue weighted by molar-refractivity contribution is 5.61. The molecular formula is C23H32O6. The van der Waals surface area contributed by atoms with E-state index in [4.69, 9.17) is 18.9 Å². The van der Waals surface area contributed by atoms with Gasteiger partial charge in [0, 0.05) is 17.5 Å². The van der Waals surface area contributed by atoms with Crippen LogP contribution in [0, 0.1) is 27.7 Å². The van der Waals surface area contributed by atoms with E-state index in [2.05, 4.69) is 0 Å². The minimum atomic E-state index is -0.0766. The third-order valence-electron chi connectivity index (χ3n) is 4.83. The van der Waals surface area contributed by atoms with Gasteiger partial charge in [-0.15, -0.1) is 0 Å². The van der Waals surface area contributed by atoms with Crippen LogP contribution in [0.1, 0.15) is 33.4 Å². The molecule has 0 saturated heterocycles. The van der Waals surface area contributed by atoms with Crippen molar-refractivity contribution in [3.63, 3.8) is 0 Å². The topological polar surface area (TPSA) is 77.4 Å². The lowest BCUT2D eigenvalue weighted by Gasteiger charge is -2.23. The van der Waals surface area contributed by atoms with Gasteiger partial charge >= 0.3 is 0 Å². The first-order chi connectivity index (χ1) is 13.9. The molecule has 2 N–H and O–H groups in total. The van der Waals surface area contributed by atoms with E-state index < -0.39 is 0 Å². The highest BCUT2D eigenvalue weighted by atomic mass is 16.5. The van der Waals surface area contributed by atoms with Crippen LogP contribution >= 0.6 is 0 Å². The quantitative estimate of drug-likeness (QED) is 0.633. The van der Waals surface area contributed by atoms with Crippen LogP contribution < -0.4 is 18.9 Å². The Morgan fingerprint density at radius 2 is 0.966 bits per heavy atom. The van der Waals surface area contributed by atoms with Crippen LogP contribution in [0.5, 0.6) is 23.0 Å². The molecule has 2 aromatic rings. The van der Waals surface area contributed by atoms with Gasteiger partial charge in [-0.2, -0.15) is 0 Å². The number of hydrogen-bond acceptors (Lipinski definition) is 6. The molecule has 0 aliphatic carbocycles. The molecule has 0 bridgehead atoms. The number of benzene rings is 2. The van der Waals surface area contributed by atoms with Crippen molar-refractivity contribution in [1.82, 2.24) is 0 Å². The van der Waals surface area contributed by atoms with Crippen LogP contribution in [-0.2, 0) is 6.42 Å². The fraction of sp³-hybridized carbons (Fsp3) is 0.478. The average Bonchev–Trinajstić information content (AvgIpc) is 2.67. The maximum atomic E-state index is 9.26. The first-order valence-corrected chi connectivity index (χ1v) is 9.70. The zero-order valence-corrected chi connectivity index (χ0v) is 18.2. The summed E-state index contributed by atoms with van der Waals surface area (Å²) in [5, 5.41) is 18.5. The summed E-state index contributed by atoms with van der Waals surface area (Å²) in [5.74, 6) is 2.85. The Morgan fingerprint density at radius 3 is 1.28 bits per heavy atom. The van der Waals surface area contributed by atoms with E-state index in [1.165, 1.54) is 0 Å². The summed E-state index contributed by atoms with van der Waals surface area (Å²) in [7, 11) is 3.28. The zero-order valence-electron chi connectivity index (χ0n) is 18.2. The standard InChI is InChI=1S/C23H32O6/c1-14-11-16(3)22(28-9-7-24)18(20(14)26-5)13-19-21(27-6)15(2)12-17(4)23(19)29-10-8-25/h11-12,24-25H,7-10,13H2,1-6H3.